The van der Waals surface area contributed by atoms with Crippen LogP contribution in [-0.4, -0.2) is 9.13 Å². The topological polar surface area (TPSA) is 13.7 Å². The van der Waals surface area contributed by atoms with Gasteiger partial charge in [-0.05, 0) is 60.6 Å². The van der Waals surface area contributed by atoms with Crippen LogP contribution in [0.5, 0.6) is 0 Å². The van der Waals surface area contributed by atoms with Gasteiger partial charge in [0, 0.05) is 5.69 Å². The monoisotopic (exact) mass is 412 g/mol. The number of hydrogen-bond donors (Lipinski definition) is 0. The Labute approximate surface area is 186 Å². The molecule has 0 saturated heterocycles. The van der Waals surface area contributed by atoms with E-state index in [1.807, 2.05) is 0 Å². The maximum atomic E-state index is 2.49. The molecular formula is C28H34N3+. The lowest BCUT2D eigenvalue weighted by molar-refractivity contribution is -0.659. The van der Waals surface area contributed by atoms with Crippen LogP contribution in [0.4, 0.5) is 0 Å². The van der Waals surface area contributed by atoms with Gasteiger partial charge in [0.1, 0.15) is 23.8 Å². The molecule has 2 aromatic carbocycles. The second kappa shape index (κ2) is 8.22. The van der Waals surface area contributed by atoms with Crippen molar-refractivity contribution in [2.75, 3.05) is 0 Å². The zero-order valence-electron chi connectivity index (χ0n) is 19.8. The van der Waals surface area contributed by atoms with Crippen LogP contribution in [0.25, 0.3) is 22.9 Å². The Kier molecular flexibility index (Phi) is 5.62. The Balaban J connectivity index is 2.08. The zero-order chi connectivity index (χ0) is 22.3. The highest BCUT2D eigenvalue weighted by atomic mass is 15.2. The smallest absolute Gasteiger partial charge is 0.307 e. The van der Waals surface area contributed by atoms with Gasteiger partial charge in [0.25, 0.3) is 0 Å². The van der Waals surface area contributed by atoms with E-state index in [1.54, 1.807) is 0 Å². The van der Waals surface area contributed by atoms with Gasteiger partial charge in [0.2, 0.25) is 0 Å². The molecule has 0 aliphatic rings. The molecule has 0 fully saturated rings. The molecule has 4 aromatic rings. The first kappa shape index (κ1) is 21.2. The van der Waals surface area contributed by atoms with Crippen molar-refractivity contribution in [2.45, 2.75) is 53.4 Å². The second-order valence-corrected chi connectivity index (χ2v) is 9.19. The van der Waals surface area contributed by atoms with E-state index in [-0.39, 0.29) is 0 Å². The molecular weight excluding hydrogens is 378 g/mol. The van der Waals surface area contributed by atoms with Crippen LogP contribution in [0.2, 0.25) is 0 Å². The third-order valence-electron chi connectivity index (χ3n) is 6.19. The van der Waals surface area contributed by atoms with E-state index in [2.05, 4.69) is 129 Å². The van der Waals surface area contributed by atoms with E-state index >= 15 is 0 Å². The number of benzene rings is 2. The SMILES string of the molecule is Cc1cc(C)n(-c2c(C(C)C)cccc2C(C)C)c1-c1n(-c2ccccc2)cc[n+]1C. The molecule has 2 aromatic heterocycles. The van der Waals surface area contributed by atoms with Crippen molar-refractivity contribution < 1.29 is 4.57 Å². The lowest BCUT2D eigenvalue weighted by atomic mass is 9.92. The number of rotatable bonds is 5. The Morgan fingerprint density at radius 1 is 0.806 bits per heavy atom. The van der Waals surface area contributed by atoms with Gasteiger partial charge < -0.3 is 4.57 Å². The molecule has 0 bridgehead atoms. The van der Waals surface area contributed by atoms with E-state index in [0.29, 0.717) is 11.8 Å². The Morgan fingerprint density at radius 2 is 1.42 bits per heavy atom. The van der Waals surface area contributed by atoms with Crippen molar-refractivity contribution in [3.63, 3.8) is 0 Å². The average molecular weight is 413 g/mol. The maximum Gasteiger partial charge on any atom is 0.311 e. The number of nitrogens with zero attached hydrogens (tertiary/aromatic N) is 3. The molecule has 4 rings (SSSR count). The van der Waals surface area contributed by atoms with E-state index in [4.69, 9.17) is 0 Å². The first-order valence-corrected chi connectivity index (χ1v) is 11.3. The van der Waals surface area contributed by atoms with Crippen LogP contribution in [-0.2, 0) is 7.05 Å². The van der Waals surface area contributed by atoms with Gasteiger partial charge in [-0.2, -0.15) is 4.57 Å². The lowest BCUT2D eigenvalue weighted by Gasteiger charge is -2.23. The van der Waals surface area contributed by atoms with Crippen molar-refractivity contribution in [2.24, 2.45) is 7.05 Å². The molecule has 0 atom stereocenters. The quantitative estimate of drug-likeness (QED) is 0.327. The summed E-state index contributed by atoms with van der Waals surface area (Å²) in [7, 11) is 2.14. The summed E-state index contributed by atoms with van der Waals surface area (Å²) in [4.78, 5) is 0. The van der Waals surface area contributed by atoms with Crippen LogP contribution in [0.3, 0.4) is 0 Å². The normalized spacial score (nSPS) is 11.6. The number of imidazole rings is 1. The number of hydrogen-bond acceptors (Lipinski definition) is 0. The minimum atomic E-state index is 0.443. The summed E-state index contributed by atoms with van der Waals surface area (Å²) in [5, 5.41) is 0. The third-order valence-corrected chi connectivity index (χ3v) is 6.19. The summed E-state index contributed by atoms with van der Waals surface area (Å²) in [5.41, 5.74) is 9.11. The van der Waals surface area contributed by atoms with E-state index in [1.165, 1.54) is 45.3 Å². The molecule has 2 heterocycles. The maximum absolute atomic E-state index is 2.49. The summed E-state index contributed by atoms with van der Waals surface area (Å²) in [5.74, 6) is 2.07. The molecule has 0 amide bonds. The van der Waals surface area contributed by atoms with E-state index < -0.39 is 0 Å². The van der Waals surface area contributed by atoms with Crippen LogP contribution in [0.1, 0.15) is 61.9 Å². The first-order chi connectivity index (χ1) is 14.8. The van der Waals surface area contributed by atoms with Crippen molar-refractivity contribution in [1.82, 2.24) is 9.13 Å². The predicted octanol–water partition coefficient (Wildman–Crippen LogP) is 6.62. The van der Waals surface area contributed by atoms with Gasteiger partial charge in [-0.25, -0.2) is 4.57 Å². The van der Waals surface area contributed by atoms with Crippen LogP contribution in [0.15, 0.2) is 67.0 Å². The van der Waals surface area contributed by atoms with Crippen LogP contribution < -0.4 is 4.57 Å². The summed E-state index contributed by atoms with van der Waals surface area (Å²) < 4.78 is 7.03. The molecule has 0 N–H and O–H groups in total. The molecule has 0 saturated carbocycles. The molecule has 0 aliphatic heterocycles. The summed E-state index contributed by atoms with van der Waals surface area (Å²) in [6.07, 6.45) is 4.31. The average Bonchev–Trinajstić information content (AvgIpc) is 3.25. The van der Waals surface area contributed by atoms with Gasteiger partial charge in [-0.15, -0.1) is 0 Å². The summed E-state index contributed by atoms with van der Waals surface area (Å²) >= 11 is 0. The summed E-state index contributed by atoms with van der Waals surface area (Å²) in [6, 6.07) is 19.7. The van der Waals surface area contributed by atoms with Gasteiger partial charge in [-0.1, -0.05) is 64.1 Å². The largest absolute Gasteiger partial charge is 0.311 e. The van der Waals surface area contributed by atoms with Crippen LogP contribution in [0, 0.1) is 13.8 Å². The highest BCUT2D eigenvalue weighted by molar-refractivity contribution is 5.66. The van der Waals surface area contributed by atoms with Crippen molar-refractivity contribution in [3.8, 4) is 22.9 Å². The first-order valence-electron chi connectivity index (χ1n) is 11.3. The highest BCUT2D eigenvalue weighted by Gasteiger charge is 2.28. The Bertz CT molecular complexity index is 1180. The Hall–Kier alpha value is -3.07. The fraction of sp³-hybridized carbons (Fsp3) is 0.321. The molecule has 0 aliphatic carbocycles. The minimum absolute atomic E-state index is 0.443. The number of para-hydroxylation sites is 2. The highest BCUT2D eigenvalue weighted by Crippen LogP contribution is 2.37. The molecule has 0 unspecified atom stereocenters. The van der Waals surface area contributed by atoms with Crippen molar-refractivity contribution in [3.05, 3.63) is 89.4 Å². The predicted molar refractivity (Wildman–Crippen MR) is 129 cm³/mol. The lowest BCUT2D eigenvalue weighted by Crippen LogP contribution is -2.30. The molecule has 0 spiro atoms. The summed E-state index contributed by atoms with van der Waals surface area (Å²) in [6.45, 7) is 13.6. The number of aryl methyl sites for hydroxylation is 3. The van der Waals surface area contributed by atoms with E-state index in [0.717, 1.165) is 0 Å². The fourth-order valence-corrected chi connectivity index (χ4v) is 4.69. The number of aromatic nitrogens is 3. The molecule has 3 nitrogen and oxygen atoms in total. The molecule has 160 valence electrons. The van der Waals surface area contributed by atoms with Crippen molar-refractivity contribution >= 4 is 0 Å². The molecule has 3 heteroatoms. The standard InChI is InChI=1S/C28H34N3/c1-19(2)24-14-11-15-25(20(3)4)27(24)31-22(6)18-21(5)26(31)28-29(7)16-17-30(28)23-12-9-8-10-13-23/h8-20H,1-7H3/q+1. The van der Waals surface area contributed by atoms with Crippen molar-refractivity contribution in [1.29, 1.82) is 0 Å². The minimum Gasteiger partial charge on any atom is -0.307 e. The molecule has 31 heavy (non-hydrogen) atoms. The van der Waals surface area contributed by atoms with Gasteiger partial charge >= 0.3 is 5.82 Å². The van der Waals surface area contributed by atoms with Crippen LogP contribution >= 0.6 is 0 Å². The second-order valence-electron chi connectivity index (χ2n) is 9.19. The van der Waals surface area contributed by atoms with Gasteiger partial charge in [0.05, 0.1) is 12.7 Å². The molecule has 0 radical (unpaired) electrons. The van der Waals surface area contributed by atoms with Gasteiger partial charge in [0.15, 0.2) is 0 Å². The van der Waals surface area contributed by atoms with E-state index in [9.17, 15) is 0 Å². The fourth-order valence-electron chi connectivity index (χ4n) is 4.69. The van der Waals surface area contributed by atoms with Gasteiger partial charge in [-0.3, -0.25) is 0 Å². The Morgan fingerprint density at radius 3 is 2.00 bits per heavy atom. The zero-order valence-corrected chi connectivity index (χ0v) is 19.8. The third kappa shape index (κ3) is 3.63.